The van der Waals surface area contributed by atoms with Gasteiger partial charge in [-0.3, -0.25) is 9.59 Å². The number of amides is 2. The highest BCUT2D eigenvalue weighted by molar-refractivity contribution is 5.85. The maximum atomic E-state index is 13.1. The molecule has 0 aliphatic heterocycles. The van der Waals surface area contributed by atoms with Gasteiger partial charge in [0.25, 0.3) is 0 Å². The van der Waals surface area contributed by atoms with Crippen LogP contribution in [0, 0.1) is 11.8 Å². The van der Waals surface area contributed by atoms with E-state index in [1.54, 1.807) is 4.90 Å². The number of primary amides is 1. The first kappa shape index (κ1) is 19.4. The molecule has 5 heteroatoms. The first-order chi connectivity index (χ1) is 12.0. The minimum atomic E-state index is -0.481. The Hall–Kier alpha value is -1.88. The Balaban J connectivity index is 2.20. The second kappa shape index (κ2) is 8.99. The minimum absolute atomic E-state index is 0.0110. The Morgan fingerprint density at radius 3 is 2.48 bits per heavy atom. The molecule has 0 heterocycles. The Labute approximate surface area is 150 Å². The molecular weight excluding hydrogens is 314 g/mol. The number of nitrogens with zero attached hydrogens (tertiary/aromatic N) is 1. The van der Waals surface area contributed by atoms with Crippen molar-refractivity contribution in [1.29, 1.82) is 0 Å². The molecule has 2 rings (SSSR count). The number of hydrogen-bond acceptors (Lipinski definition) is 3. The fourth-order valence-electron chi connectivity index (χ4n) is 3.86. The predicted molar refractivity (Wildman–Crippen MR) is 99.6 cm³/mol. The van der Waals surface area contributed by atoms with Crippen LogP contribution in [0.25, 0.3) is 0 Å². The third-order valence-electron chi connectivity index (χ3n) is 5.36. The maximum Gasteiger partial charge on any atom is 0.237 e. The van der Waals surface area contributed by atoms with Crippen molar-refractivity contribution in [1.82, 2.24) is 4.90 Å². The normalized spacial score (nSPS) is 21.1. The van der Waals surface area contributed by atoms with Crippen molar-refractivity contribution in [2.24, 2.45) is 23.3 Å². The van der Waals surface area contributed by atoms with Crippen molar-refractivity contribution >= 4 is 11.8 Å². The zero-order chi connectivity index (χ0) is 18.4. The molecule has 0 spiro atoms. The summed E-state index contributed by atoms with van der Waals surface area (Å²) in [5, 5.41) is 0. The molecule has 3 atom stereocenters. The van der Waals surface area contributed by atoms with Crippen LogP contribution in [-0.4, -0.2) is 29.8 Å². The first-order valence-corrected chi connectivity index (χ1v) is 9.35. The maximum absolute atomic E-state index is 13.1. The lowest BCUT2D eigenvalue weighted by Gasteiger charge is -2.32. The summed E-state index contributed by atoms with van der Waals surface area (Å²) in [6.45, 7) is 4.58. The van der Waals surface area contributed by atoms with E-state index in [9.17, 15) is 9.59 Å². The molecule has 1 saturated carbocycles. The number of aryl methyl sites for hydroxylation is 1. The van der Waals surface area contributed by atoms with Gasteiger partial charge in [-0.05, 0) is 49.8 Å². The van der Waals surface area contributed by atoms with Gasteiger partial charge in [0.15, 0.2) is 0 Å². The van der Waals surface area contributed by atoms with E-state index < -0.39 is 5.91 Å². The van der Waals surface area contributed by atoms with E-state index in [0.29, 0.717) is 6.54 Å². The van der Waals surface area contributed by atoms with Crippen LogP contribution in [0.4, 0.5) is 0 Å². The van der Waals surface area contributed by atoms with Crippen molar-refractivity contribution in [3.63, 3.8) is 0 Å². The topological polar surface area (TPSA) is 89.4 Å². The van der Waals surface area contributed by atoms with E-state index in [2.05, 4.69) is 19.1 Å². The molecule has 1 unspecified atom stereocenters. The zero-order valence-corrected chi connectivity index (χ0v) is 15.4. The summed E-state index contributed by atoms with van der Waals surface area (Å²) in [7, 11) is 0. The minimum Gasteiger partial charge on any atom is -0.368 e. The molecule has 4 N–H and O–H groups in total. The van der Waals surface area contributed by atoms with Gasteiger partial charge in [0, 0.05) is 5.92 Å². The molecule has 0 aromatic heterocycles. The Morgan fingerprint density at radius 1 is 1.24 bits per heavy atom. The van der Waals surface area contributed by atoms with Gasteiger partial charge >= 0.3 is 0 Å². The largest absolute Gasteiger partial charge is 0.368 e. The SMILES string of the molecule is CCCc1ccc(C(C)N(CC(N)=O)C(=O)[C@@H]2CCC[C@@H]2CN)cc1. The van der Waals surface area contributed by atoms with Crippen molar-refractivity contribution in [3.8, 4) is 0 Å². The molecule has 5 nitrogen and oxygen atoms in total. The Kier molecular flexibility index (Phi) is 7.00. The van der Waals surface area contributed by atoms with E-state index in [1.807, 2.05) is 19.1 Å². The number of carbonyl (C=O) groups is 2. The predicted octanol–water partition coefficient (Wildman–Crippen LogP) is 2.39. The third kappa shape index (κ3) is 4.82. The summed E-state index contributed by atoms with van der Waals surface area (Å²) < 4.78 is 0. The van der Waals surface area contributed by atoms with Gasteiger partial charge in [-0.1, -0.05) is 44.0 Å². The van der Waals surface area contributed by atoms with E-state index in [4.69, 9.17) is 11.5 Å². The summed E-state index contributed by atoms with van der Waals surface area (Å²) in [6.07, 6.45) is 4.99. The van der Waals surface area contributed by atoms with Crippen LogP contribution in [0.1, 0.15) is 56.7 Å². The lowest BCUT2D eigenvalue weighted by Crippen LogP contribution is -2.44. The van der Waals surface area contributed by atoms with Gasteiger partial charge in [0.2, 0.25) is 11.8 Å². The van der Waals surface area contributed by atoms with Crippen LogP contribution in [0.3, 0.4) is 0 Å². The van der Waals surface area contributed by atoms with Gasteiger partial charge in [-0.15, -0.1) is 0 Å². The van der Waals surface area contributed by atoms with Crippen LogP contribution in [0.5, 0.6) is 0 Å². The molecular formula is C20H31N3O2. The molecule has 1 aliphatic carbocycles. The van der Waals surface area contributed by atoms with E-state index >= 15 is 0 Å². The number of nitrogens with two attached hydrogens (primary N) is 2. The summed E-state index contributed by atoms with van der Waals surface area (Å²) in [5.74, 6) is -0.352. The molecule has 1 aromatic rings. The van der Waals surface area contributed by atoms with Gasteiger partial charge in [-0.2, -0.15) is 0 Å². The second-order valence-electron chi connectivity index (χ2n) is 7.13. The summed E-state index contributed by atoms with van der Waals surface area (Å²) in [6, 6.07) is 8.11. The highest BCUT2D eigenvalue weighted by Gasteiger charge is 2.36. The van der Waals surface area contributed by atoms with Gasteiger partial charge < -0.3 is 16.4 Å². The zero-order valence-electron chi connectivity index (χ0n) is 15.4. The van der Waals surface area contributed by atoms with E-state index in [1.165, 1.54) is 5.56 Å². The molecule has 0 saturated heterocycles. The monoisotopic (exact) mass is 345 g/mol. The van der Waals surface area contributed by atoms with Gasteiger partial charge in [0.05, 0.1) is 12.6 Å². The molecule has 0 bridgehead atoms. The quantitative estimate of drug-likeness (QED) is 0.758. The molecule has 138 valence electrons. The first-order valence-electron chi connectivity index (χ1n) is 9.35. The van der Waals surface area contributed by atoms with Crippen LogP contribution in [0.2, 0.25) is 0 Å². The standard InChI is InChI=1S/C20H31N3O2/c1-3-5-15-8-10-16(11-9-15)14(2)23(13-19(22)24)20(25)18-7-4-6-17(18)12-21/h8-11,14,17-18H,3-7,12-13,21H2,1-2H3,(H2,22,24)/t14?,17-,18-/m1/s1. The van der Waals surface area contributed by atoms with Crippen molar-refractivity contribution in [3.05, 3.63) is 35.4 Å². The molecule has 1 fully saturated rings. The van der Waals surface area contributed by atoms with E-state index in [0.717, 1.165) is 37.7 Å². The average Bonchev–Trinajstić information content (AvgIpc) is 3.08. The van der Waals surface area contributed by atoms with Crippen molar-refractivity contribution < 1.29 is 9.59 Å². The summed E-state index contributed by atoms with van der Waals surface area (Å²) in [4.78, 5) is 26.3. The molecule has 1 aromatic carbocycles. The third-order valence-corrected chi connectivity index (χ3v) is 5.36. The molecule has 1 aliphatic rings. The summed E-state index contributed by atoms with van der Waals surface area (Å²) >= 11 is 0. The molecule has 0 radical (unpaired) electrons. The number of rotatable bonds is 8. The van der Waals surface area contributed by atoms with Crippen molar-refractivity contribution in [2.75, 3.05) is 13.1 Å². The highest BCUT2D eigenvalue weighted by atomic mass is 16.2. The second-order valence-corrected chi connectivity index (χ2v) is 7.13. The lowest BCUT2D eigenvalue weighted by molar-refractivity contribution is -0.142. The lowest BCUT2D eigenvalue weighted by atomic mass is 9.93. The Morgan fingerprint density at radius 2 is 1.92 bits per heavy atom. The van der Waals surface area contributed by atoms with Gasteiger partial charge in [0.1, 0.15) is 0 Å². The fraction of sp³-hybridized carbons (Fsp3) is 0.600. The molecule has 2 amide bonds. The van der Waals surface area contributed by atoms with Crippen LogP contribution in [0.15, 0.2) is 24.3 Å². The van der Waals surface area contributed by atoms with Crippen LogP contribution < -0.4 is 11.5 Å². The highest BCUT2D eigenvalue weighted by Crippen LogP contribution is 2.34. The van der Waals surface area contributed by atoms with Gasteiger partial charge in [-0.25, -0.2) is 0 Å². The Bertz CT molecular complexity index is 585. The molecule has 25 heavy (non-hydrogen) atoms. The number of benzene rings is 1. The van der Waals surface area contributed by atoms with E-state index in [-0.39, 0.29) is 30.3 Å². The average molecular weight is 345 g/mol. The summed E-state index contributed by atoms with van der Waals surface area (Å²) in [5.41, 5.74) is 13.6. The van der Waals surface area contributed by atoms with Crippen LogP contribution in [-0.2, 0) is 16.0 Å². The number of hydrogen-bond donors (Lipinski definition) is 2. The van der Waals surface area contributed by atoms with Crippen LogP contribution >= 0.6 is 0 Å². The number of carbonyl (C=O) groups excluding carboxylic acids is 2. The smallest absolute Gasteiger partial charge is 0.237 e. The van der Waals surface area contributed by atoms with Crippen molar-refractivity contribution in [2.45, 2.75) is 52.0 Å². The fourth-order valence-corrected chi connectivity index (χ4v) is 3.86.